The largest absolute Gasteiger partial charge is 0.507 e. The summed E-state index contributed by atoms with van der Waals surface area (Å²) in [5, 5.41) is 38.7. The molecule has 0 radical (unpaired) electrons. The summed E-state index contributed by atoms with van der Waals surface area (Å²) < 4.78 is 0. The molecule has 2 aliphatic heterocycles. The van der Waals surface area contributed by atoms with Gasteiger partial charge in [0, 0.05) is 11.5 Å². The Labute approximate surface area is 198 Å². The van der Waals surface area contributed by atoms with Gasteiger partial charge in [-0.25, -0.2) is 9.78 Å². The maximum atomic E-state index is 12.7. The summed E-state index contributed by atoms with van der Waals surface area (Å²) in [6.07, 6.45) is -0.385. The van der Waals surface area contributed by atoms with Gasteiger partial charge in [0.2, 0.25) is 11.1 Å². The minimum absolute atomic E-state index is 0.0171. The number of carboxylic acids is 2. The summed E-state index contributed by atoms with van der Waals surface area (Å²) in [5.41, 5.74) is 0.374. The standard InChI is InChI=1S/C18H17N5O7S3/c24-8-1-2-31-9(8)3-11(25)20-13-15(28)23-14(17(29)30)7(5-32-16(13)23)6-33-18-19-10(21-22-18)4-12(26)27/h1-2,13,16,24H,3-6H2,(H,20,25)(H,26,27)(H,29,30)(H,19,21,22)/t13?,16-/m1/s1. The lowest BCUT2D eigenvalue weighted by molar-refractivity contribution is -0.150. The van der Waals surface area contributed by atoms with Crippen molar-refractivity contribution >= 4 is 58.6 Å². The summed E-state index contributed by atoms with van der Waals surface area (Å²) in [7, 11) is 0. The van der Waals surface area contributed by atoms with Gasteiger partial charge in [-0.3, -0.25) is 24.4 Å². The molecule has 2 atom stereocenters. The zero-order valence-electron chi connectivity index (χ0n) is 16.7. The van der Waals surface area contributed by atoms with Gasteiger partial charge in [-0.1, -0.05) is 11.8 Å². The monoisotopic (exact) mass is 511 g/mol. The topological polar surface area (TPSA) is 186 Å². The van der Waals surface area contributed by atoms with Crippen molar-refractivity contribution < 1.29 is 34.5 Å². The summed E-state index contributed by atoms with van der Waals surface area (Å²) in [6, 6.07) is 0.634. The molecule has 1 saturated heterocycles. The van der Waals surface area contributed by atoms with Crippen molar-refractivity contribution in [2.24, 2.45) is 0 Å². The Morgan fingerprint density at radius 2 is 2.09 bits per heavy atom. The predicted molar refractivity (Wildman–Crippen MR) is 118 cm³/mol. The van der Waals surface area contributed by atoms with Crippen molar-refractivity contribution in [2.75, 3.05) is 11.5 Å². The SMILES string of the molecule is O=C(O)Cc1nc(SCC2=C(C(=O)O)N3C(=O)C(NC(=O)Cc4sccc4O)[C@H]3SC2)n[nH]1. The van der Waals surface area contributed by atoms with E-state index in [0.29, 0.717) is 16.2 Å². The number of fused-ring (bicyclic) bond motifs is 1. The van der Waals surface area contributed by atoms with Crippen LogP contribution in [0.25, 0.3) is 0 Å². The summed E-state index contributed by atoms with van der Waals surface area (Å²) >= 11 is 3.69. The number of nitrogens with one attached hydrogen (secondary N) is 2. The molecule has 174 valence electrons. The molecule has 2 aromatic heterocycles. The Balaban J connectivity index is 1.41. The van der Waals surface area contributed by atoms with E-state index in [0.717, 1.165) is 11.8 Å². The van der Waals surface area contributed by atoms with Gasteiger partial charge in [-0.2, -0.15) is 0 Å². The van der Waals surface area contributed by atoms with E-state index in [9.17, 15) is 29.4 Å². The Kier molecular flexibility index (Phi) is 6.62. The van der Waals surface area contributed by atoms with Crippen LogP contribution >= 0.6 is 34.9 Å². The first-order valence-corrected chi connectivity index (χ1v) is 12.4. The molecule has 5 N–H and O–H groups in total. The van der Waals surface area contributed by atoms with Crippen LogP contribution in [0.1, 0.15) is 10.7 Å². The number of H-pyrrole nitrogens is 1. The number of β-lactam (4-membered cyclic amide) rings is 1. The molecule has 0 aromatic carbocycles. The van der Waals surface area contributed by atoms with Gasteiger partial charge in [0.1, 0.15) is 35.1 Å². The first-order chi connectivity index (χ1) is 15.7. The van der Waals surface area contributed by atoms with E-state index in [1.165, 1.54) is 34.1 Å². The van der Waals surface area contributed by atoms with Crippen molar-refractivity contribution in [1.82, 2.24) is 25.4 Å². The van der Waals surface area contributed by atoms with Gasteiger partial charge in [-0.15, -0.1) is 28.2 Å². The third kappa shape index (κ3) is 4.84. The Bertz CT molecular complexity index is 1160. The van der Waals surface area contributed by atoms with Crippen molar-refractivity contribution in [2.45, 2.75) is 29.4 Å². The van der Waals surface area contributed by atoms with E-state index >= 15 is 0 Å². The average Bonchev–Trinajstić information content (AvgIpc) is 3.37. The van der Waals surface area contributed by atoms with Gasteiger partial charge in [0.15, 0.2) is 0 Å². The number of aromatic hydroxyl groups is 1. The zero-order chi connectivity index (χ0) is 23.7. The van der Waals surface area contributed by atoms with Crippen molar-refractivity contribution in [3.8, 4) is 5.75 Å². The van der Waals surface area contributed by atoms with Crippen molar-refractivity contribution in [3.05, 3.63) is 33.4 Å². The number of thioether (sulfide) groups is 2. The molecule has 0 spiro atoms. The molecule has 2 aliphatic rings. The number of carbonyl (C=O) groups is 4. The van der Waals surface area contributed by atoms with Crippen LogP contribution in [0.15, 0.2) is 27.9 Å². The fraction of sp³-hybridized carbons (Fsp3) is 0.333. The highest BCUT2D eigenvalue weighted by Gasteiger charge is 2.54. The first-order valence-electron chi connectivity index (χ1n) is 9.45. The van der Waals surface area contributed by atoms with Crippen LogP contribution in [0.4, 0.5) is 0 Å². The first kappa shape index (κ1) is 23.1. The predicted octanol–water partition coefficient (Wildman–Crippen LogP) is 0.272. The highest BCUT2D eigenvalue weighted by atomic mass is 32.2. The lowest BCUT2D eigenvalue weighted by Gasteiger charge is -2.49. The van der Waals surface area contributed by atoms with Crippen molar-refractivity contribution in [3.63, 3.8) is 0 Å². The second-order valence-electron chi connectivity index (χ2n) is 7.04. The number of hydrogen-bond donors (Lipinski definition) is 5. The summed E-state index contributed by atoms with van der Waals surface area (Å²) in [4.78, 5) is 53.4. The maximum absolute atomic E-state index is 12.7. The molecule has 2 aromatic rings. The fourth-order valence-corrected chi connectivity index (χ4v) is 6.41. The lowest BCUT2D eigenvalue weighted by Crippen LogP contribution is -2.70. The summed E-state index contributed by atoms with van der Waals surface area (Å²) in [6.45, 7) is 0. The molecule has 0 saturated carbocycles. The summed E-state index contributed by atoms with van der Waals surface area (Å²) in [5.74, 6) is -2.53. The number of aromatic amines is 1. The second kappa shape index (κ2) is 9.44. The van der Waals surface area contributed by atoms with Gasteiger partial charge < -0.3 is 20.6 Å². The Morgan fingerprint density at radius 3 is 2.76 bits per heavy atom. The minimum atomic E-state index is -1.25. The molecular formula is C18H17N5O7S3. The van der Waals surface area contributed by atoms with Gasteiger partial charge in [0.25, 0.3) is 5.91 Å². The molecule has 4 heterocycles. The molecule has 33 heavy (non-hydrogen) atoms. The van der Waals surface area contributed by atoms with Gasteiger partial charge >= 0.3 is 11.9 Å². The van der Waals surface area contributed by atoms with E-state index in [-0.39, 0.29) is 41.0 Å². The highest BCUT2D eigenvalue weighted by molar-refractivity contribution is 8.01. The number of aromatic nitrogens is 3. The average molecular weight is 512 g/mol. The molecule has 0 bridgehead atoms. The molecule has 12 nitrogen and oxygen atoms in total. The minimum Gasteiger partial charge on any atom is -0.507 e. The van der Waals surface area contributed by atoms with Crippen LogP contribution < -0.4 is 5.32 Å². The van der Waals surface area contributed by atoms with Crippen LogP contribution in [0, 0.1) is 0 Å². The molecule has 0 aliphatic carbocycles. The number of carboxylic acid groups (broad SMARTS) is 2. The molecular weight excluding hydrogens is 494 g/mol. The smallest absolute Gasteiger partial charge is 0.352 e. The van der Waals surface area contributed by atoms with E-state index in [2.05, 4.69) is 20.5 Å². The molecule has 15 heteroatoms. The lowest BCUT2D eigenvalue weighted by atomic mass is 10.0. The van der Waals surface area contributed by atoms with Crippen LogP contribution in [0.5, 0.6) is 5.75 Å². The molecule has 2 amide bonds. The van der Waals surface area contributed by atoms with E-state index < -0.39 is 35.2 Å². The second-order valence-corrected chi connectivity index (χ2v) is 10.1. The number of nitrogens with zero attached hydrogens (tertiary/aromatic N) is 3. The fourth-order valence-electron chi connectivity index (χ4n) is 3.35. The number of amides is 2. The van der Waals surface area contributed by atoms with Crippen LogP contribution in [0.2, 0.25) is 0 Å². The number of carbonyl (C=O) groups excluding carboxylic acids is 2. The third-order valence-electron chi connectivity index (χ3n) is 4.81. The Hall–Kier alpha value is -3.04. The van der Waals surface area contributed by atoms with Gasteiger partial charge in [0.05, 0.1) is 11.3 Å². The Morgan fingerprint density at radius 1 is 1.30 bits per heavy atom. The van der Waals surface area contributed by atoms with E-state index in [4.69, 9.17) is 5.11 Å². The number of hydrogen-bond acceptors (Lipinski definition) is 10. The van der Waals surface area contributed by atoms with Gasteiger partial charge in [-0.05, 0) is 17.0 Å². The van der Waals surface area contributed by atoms with Crippen LogP contribution in [0.3, 0.4) is 0 Å². The molecule has 1 fully saturated rings. The van der Waals surface area contributed by atoms with Crippen molar-refractivity contribution in [1.29, 1.82) is 0 Å². The quantitative estimate of drug-likeness (QED) is 0.230. The van der Waals surface area contributed by atoms with Crippen LogP contribution in [-0.4, -0.2) is 82.1 Å². The normalized spacial score (nSPS) is 19.8. The van der Waals surface area contributed by atoms with Crippen LogP contribution in [-0.2, 0) is 32.0 Å². The highest BCUT2D eigenvalue weighted by Crippen LogP contribution is 2.41. The molecule has 1 unspecified atom stereocenters. The maximum Gasteiger partial charge on any atom is 0.352 e. The number of rotatable bonds is 9. The number of thiophene rings is 1. The van der Waals surface area contributed by atoms with E-state index in [1.807, 2.05) is 0 Å². The third-order valence-corrected chi connectivity index (χ3v) is 8.00. The van der Waals surface area contributed by atoms with E-state index in [1.54, 1.807) is 5.38 Å². The molecule has 4 rings (SSSR count). The zero-order valence-corrected chi connectivity index (χ0v) is 19.1. The number of aliphatic carboxylic acids is 2.